The number of ketones is 3. The van der Waals surface area contributed by atoms with Crippen LogP contribution in [0.5, 0.6) is 5.75 Å². The molecule has 1 atom stereocenters. The summed E-state index contributed by atoms with van der Waals surface area (Å²) in [6.07, 6.45) is 12.6. The summed E-state index contributed by atoms with van der Waals surface area (Å²) in [6.45, 7) is 18.7. The average molecular weight is 2160 g/mol. The highest BCUT2D eigenvalue weighted by atomic mass is 79.9. The highest BCUT2D eigenvalue weighted by Crippen LogP contribution is 2.38. The molecular weight excluding hydrogens is 2090 g/mol. The average Bonchev–Trinajstić information content (AvgIpc) is 1.62. The van der Waals surface area contributed by atoms with E-state index in [1.807, 2.05) is 47.1 Å². The van der Waals surface area contributed by atoms with Gasteiger partial charge in [-0.25, -0.2) is 38.1 Å². The first kappa shape index (κ1) is 108. The number of carbonyl (C=O) groups is 6. The number of pyridine rings is 5. The predicted octanol–water partition coefficient (Wildman–Crippen LogP) is 13.4. The zero-order valence-electron chi connectivity index (χ0n) is 67.6. The monoisotopic (exact) mass is 2160 g/mol. The van der Waals surface area contributed by atoms with E-state index < -0.39 is 106 Å². The Morgan fingerprint density at radius 1 is 0.460 bits per heavy atom. The molecule has 126 heavy (non-hydrogen) atoms. The van der Waals surface area contributed by atoms with Crippen LogP contribution >= 0.6 is 95.6 Å². The SMILES string of the molecule is Brc1ccc(Br)nc1.CCCn1cnnn1.CCOC(=O)C(C(=O)C(F)(F)c1ccc(Br)cn1)n1cnnn1.CCOC(=O)C(F)(F)Br.CCOC(=O)C(F)(F)c1ccc(Br)cn1.CCOc1ccc(-c2ccc(C(F)(F)C(=O)Cn3cnnn3)nc2)cc1.Cc1ccc(B2OC(C)(C)C(C)(C)O2)cc1.O=C(Cn1cnnn1)C(F)(F)c1ccc(Br)cn1.O=C=O. The van der Waals surface area contributed by atoms with Gasteiger partial charge in [-0.05, 0) is 268 Å². The predicted molar refractivity (Wildman–Crippen MR) is 443 cm³/mol. The van der Waals surface area contributed by atoms with Gasteiger partial charge in [0.05, 0.1) is 37.6 Å². The number of halogens is 16. The third-order valence-corrected chi connectivity index (χ3v) is 18.4. The fraction of sp³-hybridized carbons (Fsp3) is 0.351. The molecule has 1 aliphatic rings. The summed E-state index contributed by atoms with van der Waals surface area (Å²) in [6, 6.07) is 27.1. The molecule has 12 rings (SSSR count). The molecule has 0 aliphatic carbocycles. The van der Waals surface area contributed by atoms with Gasteiger partial charge >= 0.3 is 59.7 Å². The molecule has 0 amide bonds. The largest absolute Gasteiger partial charge is 0.494 e. The summed E-state index contributed by atoms with van der Waals surface area (Å²) >= 11 is 17.5. The van der Waals surface area contributed by atoms with Crippen molar-refractivity contribution in [3.63, 3.8) is 0 Å². The molecule has 1 unspecified atom stereocenters. The normalized spacial score (nSPS) is 12.5. The molecule has 10 heterocycles. The van der Waals surface area contributed by atoms with Crippen LogP contribution in [0.2, 0.25) is 0 Å². The van der Waals surface area contributed by atoms with Crippen LogP contribution in [0.1, 0.15) is 103 Å². The second kappa shape index (κ2) is 51.8. The van der Waals surface area contributed by atoms with Crippen molar-refractivity contribution in [3.05, 3.63) is 216 Å². The minimum atomic E-state index is -4.02. The van der Waals surface area contributed by atoms with Crippen molar-refractivity contribution in [2.24, 2.45) is 0 Å². The Labute approximate surface area is 761 Å². The van der Waals surface area contributed by atoms with Crippen LogP contribution in [0.4, 0.5) is 43.9 Å². The van der Waals surface area contributed by atoms with Crippen molar-refractivity contribution in [1.29, 1.82) is 0 Å². The molecule has 11 aromatic rings. The Balaban J connectivity index is 0.000000309. The zero-order chi connectivity index (χ0) is 94.2. The molecular formula is C74H74BBr6F10N21O14. The number of carbonyl (C=O) groups excluding carboxylic acids is 8. The van der Waals surface area contributed by atoms with E-state index in [0.29, 0.717) is 30.3 Å². The highest BCUT2D eigenvalue weighted by molar-refractivity contribution is 9.11. The van der Waals surface area contributed by atoms with Gasteiger partial charge in [0.2, 0.25) is 23.4 Å². The van der Waals surface area contributed by atoms with Crippen molar-refractivity contribution in [3.8, 4) is 16.9 Å². The van der Waals surface area contributed by atoms with Gasteiger partial charge in [-0.3, -0.25) is 34.3 Å². The van der Waals surface area contributed by atoms with Crippen LogP contribution in [-0.2, 0) is 105 Å². The number of esters is 3. The Morgan fingerprint density at radius 2 is 0.849 bits per heavy atom. The number of alkyl halides is 11. The molecule has 674 valence electrons. The maximum Gasteiger partial charge on any atom is 0.494 e. The number of aromatic nitrogens is 21. The minimum absolute atomic E-state index is 0.0416. The third kappa shape index (κ3) is 34.5. The van der Waals surface area contributed by atoms with E-state index >= 15 is 0 Å². The van der Waals surface area contributed by atoms with Crippen LogP contribution in [0.25, 0.3) is 11.1 Å². The Hall–Kier alpha value is -10.8. The molecule has 0 spiro atoms. The Morgan fingerprint density at radius 3 is 1.20 bits per heavy atom. The number of benzene rings is 2. The quantitative estimate of drug-likeness (QED) is 0.00975. The Kier molecular flexibility index (Phi) is 44.2. The van der Waals surface area contributed by atoms with Crippen LogP contribution in [-0.4, -0.2) is 197 Å². The van der Waals surface area contributed by atoms with Crippen LogP contribution in [0.3, 0.4) is 0 Å². The van der Waals surface area contributed by atoms with E-state index in [-0.39, 0.29) is 44.3 Å². The van der Waals surface area contributed by atoms with E-state index in [1.54, 1.807) is 29.3 Å². The van der Waals surface area contributed by atoms with Crippen LogP contribution < -0.4 is 10.2 Å². The number of ether oxygens (including phenoxy) is 4. The van der Waals surface area contributed by atoms with Gasteiger partial charge in [-0.15, -0.1) is 20.4 Å². The van der Waals surface area contributed by atoms with E-state index in [4.69, 9.17) is 23.6 Å². The lowest BCUT2D eigenvalue weighted by Gasteiger charge is -2.32. The zero-order valence-corrected chi connectivity index (χ0v) is 77.1. The number of hydrogen-bond acceptors (Lipinski definition) is 31. The standard InChI is InChI=1S/C17H15F2N5O2.C13H19BO2.C12H10BrF2N5O3.C9H6BrF2N5O.C9H8BrF2NO2.C5H3Br2N.C4H5BrF2O2.C4H8N4.CO2/c1-2-26-14-6-3-12(4-7-14)13-5-8-15(20-9-13)17(18,19)16(25)10-24-11-21-22-23-24;1-10-6-8-11(9-7-10)14-15-12(2,3)13(4,5)16-14;1-2-23-11(22)9(20-6-17-18-19-20)10(21)12(14,15)8-4-3-7(13)5-16-8;10-6-1-2-7(13-3-6)9(11,12)8(18)4-17-5-14-15-16-17;1-2-15-8(14)9(11,12)7-4-3-6(10)5-13-7;6-4-1-2-5(7)8-3-4;1-2-9-3(8)4(5,6)7;1-2-3-8-4-5-6-7-8;2-1-3/h3-9,11H,2,10H2,1H3;6-9H,1-5H3;3-6,9H,2H2,1H3;1-3,5H,4H2;3-5H,2H2,1H3;1-3H;2H2,1H3;4H,2-3H2,1H3;. The molecule has 35 nitrogen and oxygen atoms in total. The van der Waals surface area contributed by atoms with E-state index in [0.717, 1.165) is 97.6 Å². The van der Waals surface area contributed by atoms with Gasteiger partial charge in [0.25, 0.3) is 0 Å². The molecule has 1 fully saturated rings. The molecule has 9 aromatic heterocycles. The minimum Gasteiger partial charge on any atom is -0.494 e. The lowest BCUT2D eigenvalue weighted by molar-refractivity contribution is -0.192. The second-order valence-electron chi connectivity index (χ2n) is 25.3. The number of rotatable bonds is 25. The first-order chi connectivity index (χ1) is 59.3. The van der Waals surface area contributed by atoms with Crippen molar-refractivity contribution in [2.45, 2.75) is 141 Å². The summed E-state index contributed by atoms with van der Waals surface area (Å²) < 4.78 is 173. The fourth-order valence-corrected chi connectivity index (χ4v) is 10.2. The van der Waals surface area contributed by atoms with Gasteiger partial charge in [-0.2, -0.15) is 53.5 Å². The molecule has 0 bridgehead atoms. The molecule has 0 N–H and O–H groups in total. The molecule has 2 aromatic carbocycles. The lowest BCUT2D eigenvalue weighted by atomic mass is 9.79. The molecule has 1 saturated heterocycles. The summed E-state index contributed by atoms with van der Waals surface area (Å²) in [5, 5.41) is 40.3. The van der Waals surface area contributed by atoms with Gasteiger partial charge in [0.15, 0.2) is 0 Å². The van der Waals surface area contributed by atoms with Gasteiger partial charge < -0.3 is 28.3 Å². The van der Waals surface area contributed by atoms with Crippen LogP contribution in [0.15, 0.2) is 188 Å². The van der Waals surface area contributed by atoms with Crippen molar-refractivity contribution < 1.29 is 111 Å². The number of tetrazole rings is 4. The maximum absolute atomic E-state index is 14.4. The summed E-state index contributed by atoms with van der Waals surface area (Å²) in [4.78, 5) is 99.4. The molecule has 0 saturated carbocycles. The summed E-state index contributed by atoms with van der Waals surface area (Å²) in [7, 11) is -0.245. The topological polar surface area (TPSA) is 431 Å². The van der Waals surface area contributed by atoms with Gasteiger partial charge in [0, 0.05) is 76.9 Å². The van der Waals surface area contributed by atoms with Crippen LogP contribution in [0, 0.1) is 6.92 Å². The van der Waals surface area contributed by atoms with Gasteiger partial charge in [0.1, 0.15) is 71.5 Å². The lowest BCUT2D eigenvalue weighted by Crippen LogP contribution is -2.41. The molecule has 1 aliphatic heterocycles. The fourth-order valence-electron chi connectivity index (χ4n) is 8.88. The first-order valence-electron chi connectivity index (χ1n) is 36.1. The van der Waals surface area contributed by atoms with Gasteiger partial charge in [-0.1, -0.05) is 55.0 Å². The number of nitrogens with zero attached hydrogens (tertiary/aromatic N) is 21. The molecule has 0 radical (unpaired) electrons. The molecule has 52 heteroatoms. The summed E-state index contributed by atoms with van der Waals surface area (Å²) in [5.74, 6) is -23.1. The Bertz CT molecular complexity index is 5120. The second-order valence-corrected chi connectivity index (χ2v) is 30.8. The first-order valence-corrected chi connectivity index (χ1v) is 40.8. The number of Topliss-reactive ketones (excluding diaryl/α,β-unsaturated/α-hetero) is 3. The van der Waals surface area contributed by atoms with Crippen molar-refractivity contribution in [1.82, 2.24) is 106 Å². The number of hydrogen-bond donors (Lipinski definition) is 0. The smallest absolute Gasteiger partial charge is 0.494 e. The maximum atomic E-state index is 14.4. The van der Waals surface area contributed by atoms with Crippen molar-refractivity contribution >= 4 is 150 Å². The third-order valence-electron chi connectivity index (χ3n) is 15.7. The van der Waals surface area contributed by atoms with E-state index in [1.165, 1.54) is 69.2 Å². The highest BCUT2D eigenvalue weighted by Gasteiger charge is 2.53. The number of aryl methyl sites for hydroxylation is 2. The van der Waals surface area contributed by atoms with E-state index in [2.05, 4.69) is 247 Å². The van der Waals surface area contributed by atoms with E-state index in [9.17, 15) is 72.7 Å². The summed E-state index contributed by atoms with van der Waals surface area (Å²) in [5.41, 5.74) is 0.623. The van der Waals surface area contributed by atoms with Crippen molar-refractivity contribution in [2.75, 3.05) is 26.4 Å².